The number of nitrogens with zero attached hydrogens (tertiary/aromatic N) is 1. The summed E-state index contributed by atoms with van der Waals surface area (Å²) in [5.74, 6) is 0. The zero-order valence-corrected chi connectivity index (χ0v) is 13.0. The summed E-state index contributed by atoms with van der Waals surface area (Å²) in [7, 11) is 0. The van der Waals surface area contributed by atoms with Crippen molar-refractivity contribution in [3.63, 3.8) is 0 Å². The van der Waals surface area contributed by atoms with E-state index in [2.05, 4.69) is 44.0 Å². The molecule has 2 heteroatoms. The van der Waals surface area contributed by atoms with Gasteiger partial charge in [-0.05, 0) is 62.4 Å². The lowest BCUT2D eigenvalue weighted by Crippen LogP contribution is -2.09. The van der Waals surface area contributed by atoms with Crippen molar-refractivity contribution in [1.82, 2.24) is 4.98 Å². The van der Waals surface area contributed by atoms with Crippen molar-refractivity contribution in [2.24, 2.45) is 0 Å². The molecule has 1 atom stereocenters. The maximum absolute atomic E-state index is 10.5. The monoisotopic (exact) mass is 269 g/mol. The molecule has 0 aliphatic rings. The summed E-state index contributed by atoms with van der Waals surface area (Å²) in [4.78, 5) is 4.40. The molecule has 0 saturated heterocycles. The topological polar surface area (TPSA) is 33.1 Å². The second-order valence-corrected chi connectivity index (χ2v) is 5.81. The summed E-state index contributed by atoms with van der Waals surface area (Å²) in [5, 5.41) is 10.5. The zero-order chi connectivity index (χ0) is 14.9. The first-order valence-electron chi connectivity index (χ1n) is 7.06. The lowest BCUT2D eigenvalue weighted by molar-refractivity contribution is 0.172. The molecule has 106 valence electrons. The summed E-state index contributed by atoms with van der Waals surface area (Å²) in [6.45, 7) is 10.3. The highest BCUT2D eigenvalue weighted by Gasteiger charge is 2.15. The third-order valence-corrected chi connectivity index (χ3v) is 3.81. The number of benzene rings is 1. The number of rotatable bonds is 3. The molecule has 1 aromatic carbocycles. The van der Waals surface area contributed by atoms with Crippen LogP contribution in [0.4, 0.5) is 0 Å². The second-order valence-electron chi connectivity index (χ2n) is 5.81. The summed E-state index contributed by atoms with van der Waals surface area (Å²) in [6.07, 6.45) is 1.89. The van der Waals surface area contributed by atoms with Gasteiger partial charge in [-0.15, -0.1) is 0 Å². The Labute approximate surface area is 121 Å². The van der Waals surface area contributed by atoms with Crippen LogP contribution in [0.5, 0.6) is 0 Å². The molecule has 0 fully saturated rings. The fraction of sp³-hybridized carbons (Fsp3) is 0.389. The van der Waals surface area contributed by atoms with Gasteiger partial charge in [-0.2, -0.15) is 0 Å². The van der Waals surface area contributed by atoms with Crippen LogP contribution in [0.2, 0.25) is 0 Å². The summed E-state index contributed by atoms with van der Waals surface area (Å²) >= 11 is 0. The number of aromatic nitrogens is 1. The maximum Gasteiger partial charge on any atom is 0.100 e. The van der Waals surface area contributed by atoms with Crippen molar-refractivity contribution in [3.8, 4) is 0 Å². The Balaban J connectivity index is 2.30. The van der Waals surface area contributed by atoms with E-state index in [0.29, 0.717) is 6.42 Å². The molecule has 0 amide bonds. The van der Waals surface area contributed by atoms with E-state index in [0.717, 1.165) is 16.8 Å². The van der Waals surface area contributed by atoms with E-state index in [4.69, 9.17) is 0 Å². The van der Waals surface area contributed by atoms with E-state index >= 15 is 0 Å². The molecule has 0 aliphatic carbocycles. The Morgan fingerprint density at radius 3 is 2.00 bits per heavy atom. The van der Waals surface area contributed by atoms with E-state index in [1.54, 1.807) is 0 Å². The normalized spacial score (nSPS) is 12.5. The minimum absolute atomic E-state index is 0.546. The highest BCUT2D eigenvalue weighted by Crippen LogP contribution is 2.25. The van der Waals surface area contributed by atoms with Gasteiger partial charge in [0.15, 0.2) is 0 Å². The van der Waals surface area contributed by atoms with Gasteiger partial charge in [0.1, 0.15) is 6.10 Å². The van der Waals surface area contributed by atoms with Crippen LogP contribution < -0.4 is 0 Å². The lowest BCUT2D eigenvalue weighted by atomic mass is 9.93. The fourth-order valence-corrected chi connectivity index (χ4v) is 2.90. The third kappa shape index (κ3) is 3.07. The predicted octanol–water partition coefficient (Wildman–Crippen LogP) is 3.90. The molecule has 1 heterocycles. The van der Waals surface area contributed by atoms with Crippen LogP contribution in [0.25, 0.3) is 0 Å². The van der Waals surface area contributed by atoms with Crippen molar-refractivity contribution >= 4 is 0 Å². The van der Waals surface area contributed by atoms with E-state index in [9.17, 15) is 5.11 Å². The molecule has 1 N–H and O–H groups in total. The molecule has 0 radical (unpaired) electrons. The van der Waals surface area contributed by atoms with Gasteiger partial charge in [0.05, 0.1) is 5.69 Å². The predicted molar refractivity (Wildman–Crippen MR) is 83.0 cm³/mol. The fourth-order valence-electron chi connectivity index (χ4n) is 2.90. The smallest absolute Gasteiger partial charge is 0.100 e. The first-order chi connectivity index (χ1) is 9.38. The SMILES string of the molecule is Cc1cnc(C(O)Cc2c(C)cc(C)cc2C)c(C)c1. The summed E-state index contributed by atoms with van der Waals surface area (Å²) in [5.41, 5.74) is 7.95. The Bertz CT molecular complexity index is 608. The van der Waals surface area contributed by atoms with E-state index in [1.807, 2.05) is 20.0 Å². The molecule has 0 bridgehead atoms. The molecule has 0 aliphatic heterocycles. The highest BCUT2D eigenvalue weighted by molar-refractivity contribution is 5.38. The van der Waals surface area contributed by atoms with Gasteiger partial charge >= 0.3 is 0 Å². The van der Waals surface area contributed by atoms with Gasteiger partial charge < -0.3 is 5.11 Å². The third-order valence-electron chi connectivity index (χ3n) is 3.81. The van der Waals surface area contributed by atoms with Crippen molar-refractivity contribution in [1.29, 1.82) is 0 Å². The number of aryl methyl sites for hydroxylation is 5. The van der Waals surface area contributed by atoms with Gasteiger partial charge in [0.2, 0.25) is 0 Å². The van der Waals surface area contributed by atoms with Crippen molar-refractivity contribution < 1.29 is 5.11 Å². The molecule has 20 heavy (non-hydrogen) atoms. The van der Waals surface area contributed by atoms with Gasteiger partial charge in [-0.25, -0.2) is 0 Å². The first kappa shape index (κ1) is 14.7. The van der Waals surface area contributed by atoms with Crippen LogP contribution in [-0.2, 0) is 6.42 Å². The molecule has 2 nitrogen and oxygen atoms in total. The number of aliphatic hydroxyl groups is 1. The van der Waals surface area contributed by atoms with E-state index in [-0.39, 0.29) is 0 Å². The molecule has 1 aromatic heterocycles. The van der Waals surface area contributed by atoms with Crippen molar-refractivity contribution in [2.45, 2.75) is 47.1 Å². The lowest BCUT2D eigenvalue weighted by Gasteiger charge is -2.17. The minimum atomic E-state index is -0.546. The number of pyridine rings is 1. The van der Waals surface area contributed by atoms with Crippen LogP contribution in [0.1, 0.15) is 45.2 Å². The number of hydrogen-bond acceptors (Lipinski definition) is 2. The maximum atomic E-state index is 10.5. The zero-order valence-electron chi connectivity index (χ0n) is 13.0. The molecule has 1 unspecified atom stereocenters. The average Bonchev–Trinajstić information content (AvgIpc) is 2.33. The standard InChI is InChI=1S/C18H23NO/c1-11-6-13(3)16(14(4)7-11)9-17(20)18-15(5)8-12(2)10-19-18/h6-8,10,17,20H,9H2,1-5H3. The summed E-state index contributed by atoms with van der Waals surface area (Å²) in [6, 6.07) is 6.41. The van der Waals surface area contributed by atoms with E-state index < -0.39 is 6.10 Å². The summed E-state index contributed by atoms with van der Waals surface area (Å²) < 4.78 is 0. The Kier molecular flexibility index (Phi) is 4.24. The number of aliphatic hydroxyl groups excluding tert-OH is 1. The molecule has 0 spiro atoms. The van der Waals surface area contributed by atoms with Crippen LogP contribution in [-0.4, -0.2) is 10.1 Å². The van der Waals surface area contributed by atoms with Crippen molar-refractivity contribution in [3.05, 3.63) is 63.5 Å². The van der Waals surface area contributed by atoms with Gasteiger partial charge in [0, 0.05) is 12.6 Å². The molecule has 2 aromatic rings. The average molecular weight is 269 g/mol. The quantitative estimate of drug-likeness (QED) is 0.916. The van der Waals surface area contributed by atoms with Gasteiger partial charge in [-0.1, -0.05) is 23.8 Å². The van der Waals surface area contributed by atoms with Gasteiger partial charge in [-0.3, -0.25) is 4.98 Å². The largest absolute Gasteiger partial charge is 0.386 e. The van der Waals surface area contributed by atoms with Gasteiger partial charge in [0.25, 0.3) is 0 Å². The minimum Gasteiger partial charge on any atom is -0.386 e. The van der Waals surface area contributed by atoms with Crippen LogP contribution in [0, 0.1) is 34.6 Å². The molecule has 0 saturated carbocycles. The van der Waals surface area contributed by atoms with Crippen LogP contribution in [0.15, 0.2) is 24.4 Å². The molecular weight excluding hydrogens is 246 g/mol. The Morgan fingerprint density at radius 2 is 1.45 bits per heavy atom. The Morgan fingerprint density at radius 1 is 0.900 bits per heavy atom. The first-order valence-corrected chi connectivity index (χ1v) is 7.06. The van der Waals surface area contributed by atoms with E-state index in [1.165, 1.54) is 22.3 Å². The second kappa shape index (κ2) is 5.76. The molecular formula is C18H23NO. The van der Waals surface area contributed by atoms with Crippen LogP contribution >= 0.6 is 0 Å². The molecule has 2 rings (SSSR count). The van der Waals surface area contributed by atoms with Crippen molar-refractivity contribution in [2.75, 3.05) is 0 Å². The Hall–Kier alpha value is -1.67. The number of hydrogen-bond donors (Lipinski definition) is 1. The van der Waals surface area contributed by atoms with Crippen LogP contribution in [0.3, 0.4) is 0 Å². The highest BCUT2D eigenvalue weighted by atomic mass is 16.3.